The zero-order valence-corrected chi connectivity index (χ0v) is 5.62. The zero-order valence-electron chi connectivity index (χ0n) is 5.62. The molecule has 0 aromatic rings. The quantitative estimate of drug-likeness (QED) is 0.512. The number of likely N-dealkylation sites (tertiary alicyclic amines) is 1. The number of urea groups is 1. The lowest BCUT2D eigenvalue weighted by Gasteiger charge is -2.16. The Morgan fingerprint density at radius 1 is 1.70 bits per heavy atom. The molecule has 56 valence electrons. The number of nitrogens with zero attached hydrogens (tertiary/aromatic N) is 1. The normalized spacial score (nSPS) is 24.8. The average Bonchev–Trinajstić information content (AvgIpc) is 2.33. The number of amides is 2. The second-order valence-electron chi connectivity index (χ2n) is 2.38. The van der Waals surface area contributed by atoms with Crippen molar-refractivity contribution in [2.75, 3.05) is 6.54 Å². The highest BCUT2D eigenvalue weighted by Gasteiger charge is 2.25. The molecule has 1 fully saturated rings. The van der Waals surface area contributed by atoms with E-state index in [-0.39, 0.29) is 6.04 Å². The molecule has 1 rings (SSSR count). The van der Waals surface area contributed by atoms with Crippen LogP contribution in [0.4, 0.5) is 4.79 Å². The first-order valence-corrected chi connectivity index (χ1v) is 3.27. The Kier molecular flexibility index (Phi) is 1.89. The minimum absolute atomic E-state index is 0.266. The number of hydrogen-bond acceptors (Lipinski definition) is 2. The minimum atomic E-state index is -0.491. The highest BCUT2D eigenvalue weighted by molar-refractivity contribution is 5.77. The van der Waals surface area contributed by atoms with Gasteiger partial charge in [0, 0.05) is 6.54 Å². The van der Waals surface area contributed by atoms with Crippen molar-refractivity contribution in [3.8, 4) is 0 Å². The molecular formula is C6H10N2O2. The first-order chi connectivity index (χ1) is 4.75. The maximum Gasteiger partial charge on any atom is 0.315 e. The van der Waals surface area contributed by atoms with E-state index < -0.39 is 6.03 Å². The van der Waals surface area contributed by atoms with E-state index >= 15 is 0 Å². The molecule has 2 N–H and O–H groups in total. The van der Waals surface area contributed by atoms with E-state index in [1.165, 1.54) is 4.90 Å². The largest absolute Gasteiger partial charge is 0.351 e. The van der Waals surface area contributed by atoms with Crippen molar-refractivity contribution in [1.82, 2.24) is 4.90 Å². The summed E-state index contributed by atoms with van der Waals surface area (Å²) >= 11 is 0. The summed E-state index contributed by atoms with van der Waals surface area (Å²) in [5.41, 5.74) is 4.99. The van der Waals surface area contributed by atoms with E-state index in [1.807, 2.05) is 0 Å². The first-order valence-electron chi connectivity index (χ1n) is 3.27. The van der Waals surface area contributed by atoms with Gasteiger partial charge in [-0.05, 0) is 12.8 Å². The topological polar surface area (TPSA) is 63.4 Å². The van der Waals surface area contributed by atoms with Crippen LogP contribution in [0.2, 0.25) is 0 Å². The standard InChI is InChI=1S/C6H10N2O2/c7-6(10)8-3-1-2-5(8)4-9/h4-5H,1-3H2,(H2,7,10). The van der Waals surface area contributed by atoms with Crippen molar-refractivity contribution in [2.24, 2.45) is 5.73 Å². The molecule has 4 nitrogen and oxygen atoms in total. The third-order valence-corrected chi connectivity index (χ3v) is 1.74. The smallest absolute Gasteiger partial charge is 0.315 e. The van der Waals surface area contributed by atoms with E-state index in [9.17, 15) is 9.59 Å². The Hall–Kier alpha value is -1.06. The van der Waals surface area contributed by atoms with E-state index in [2.05, 4.69) is 0 Å². The molecule has 1 atom stereocenters. The van der Waals surface area contributed by atoms with Crippen molar-refractivity contribution in [1.29, 1.82) is 0 Å². The van der Waals surface area contributed by atoms with Crippen LogP contribution in [-0.4, -0.2) is 29.8 Å². The molecule has 0 bridgehead atoms. The first kappa shape index (κ1) is 7.05. The Bertz CT molecular complexity index is 158. The molecule has 0 spiro atoms. The van der Waals surface area contributed by atoms with Crippen molar-refractivity contribution >= 4 is 12.3 Å². The molecule has 2 amide bonds. The summed E-state index contributed by atoms with van der Waals surface area (Å²) in [4.78, 5) is 22.2. The number of nitrogens with two attached hydrogens (primary N) is 1. The van der Waals surface area contributed by atoms with Crippen LogP contribution < -0.4 is 5.73 Å². The van der Waals surface area contributed by atoms with Gasteiger partial charge in [-0.1, -0.05) is 0 Å². The molecule has 1 unspecified atom stereocenters. The van der Waals surface area contributed by atoms with Gasteiger partial charge in [-0.3, -0.25) is 0 Å². The van der Waals surface area contributed by atoms with Crippen molar-refractivity contribution < 1.29 is 9.59 Å². The zero-order chi connectivity index (χ0) is 7.56. The van der Waals surface area contributed by atoms with Crippen LogP contribution in [0.1, 0.15) is 12.8 Å². The van der Waals surface area contributed by atoms with E-state index in [1.54, 1.807) is 0 Å². The van der Waals surface area contributed by atoms with Gasteiger partial charge in [-0.2, -0.15) is 0 Å². The molecule has 0 saturated carbocycles. The van der Waals surface area contributed by atoms with Crippen LogP contribution in [-0.2, 0) is 4.79 Å². The molecule has 1 aliphatic rings. The molecule has 0 aromatic carbocycles. The second kappa shape index (κ2) is 2.68. The molecule has 0 aliphatic carbocycles. The highest BCUT2D eigenvalue weighted by Crippen LogP contribution is 2.13. The third kappa shape index (κ3) is 1.10. The van der Waals surface area contributed by atoms with Crippen LogP contribution in [0.15, 0.2) is 0 Å². The molecular weight excluding hydrogens is 132 g/mol. The van der Waals surface area contributed by atoms with Crippen LogP contribution in [0.25, 0.3) is 0 Å². The minimum Gasteiger partial charge on any atom is -0.351 e. The maximum absolute atomic E-state index is 10.6. The lowest BCUT2D eigenvalue weighted by Crippen LogP contribution is -2.40. The summed E-state index contributed by atoms with van der Waals surface area (Å²) < 4.78 is 0. The van der Waals surface area contributed by atoms with Crippen LogP contribution >= 0.6 is 0 Å². The summed E-state index contributed by atoms with van der Waals surface area (Å²) in [6, 6.07) is -0.757. The maximum atomic E-state index is 10.6. The number of hydrogen-bond donors (Lipinski definition) is 1. The summed E-state index contributed by atoms with van der Waals surface area (Å²) in [5.74, 6) is 0. The fraction of sp³-hybridized carbons (Fsp3) is 0.667. The van der Waals surface area contributed by atoms with Crippen molar-refractivity contribution in [2.45, 2.75) is 18.9 Å². The number of primary amides is 1. The Labute approximate surface area is 59.0 Å². The SMILES string of the molecule is NC(=O)N1CCCC1C=O. The highest BCUT2D eigenvalue weighted by atomic mass is 16.2. The molecule has 1 aliphatic heterocycles. The molecule has 4 heteroatoms. The van der Waals surface area contributed by atoms with E-state index in [0.29, 0.717) is 6.54 Å². The molecule has 1 saturated heterocycles. The molecule has 1 heterocycles. The predicted octanol–water partition coefficient (Wildman–Crippen LogP) is -0.272. The van der Waals surface area contributed by atoms with E-state index in [4.69, 9.17) is 5.73 Å². The number of carbonyl (C=O) groups excluding carboxylic acids is 2. The fourth-order valence-corrected chi connectivity index (χ4v) is 1.21. The van der Waals surface area contributed by atoms with Crippen molar-refractivity contribution in [3.63, 3.8) is 0 Å². The van der Waals surface area contributed by atoms with Gasteiger partial charge in [0.15, 0.2) is 0 Å². The molecule has 10 heavy (non-hydrogen) atoms. The lowest BCUT2D eigenvalue weighted by atomic mass is 10.2. The summed E-state index contributed by atoms with van der Waals surface area (Å²) in [6.07, 6.45) is 2.41. The predicted molar refractivity (Wildman–Crippen MR) is 35.4 cm³/mol. The third-order valence-electron chi connectivity index (χ3n) is 1.74. The van der Waals surface area contributed by atoms with Gasteiger partial charge in [0.1, 0.15) is 6.29 Å². The number of rotatable bonds is 1. The molecule has 0 aromatic heterocycles. The van der Waals surface area contributed by atoms with Crippen LogP contribution in [0.5, 0.6) is 0 Å². The second-order valence-corrected chi connectivity index (χ2v) is 2.38. The lowest BCUT2D eigenvalue weighted by molar-refractivity contribution is -0.110. The Balaban J connectivity index is 2.58. The van der Waals surface area contributed by atoms with Crippen LogP contribution in [0, 0.1) is 0 Å². The Morgan fingerprint density at radius 2 is 2.40 bits per heavy atom. The number of aldehydes is 1. The monoisotopic (exact) mass is 142 g/mol. The summed E-state index contributed by atoms with van der Waals surface area (Å²) in [5, 5.41) is 0. The van der Waals surface area contributed by atoms with Gasteiger partial charge in [0.2, 0.25) is 0 Å². The average molecular weight is 142 g/mol. The van der Waals surface area contributed by atoms with Gasteiger partial charge < -0.3 is 15.4 Å². The van der Waals surface area contributed by atoms with Crippen molar-refractivity contribution in [3.05, 3.63) is 0 Å². The van der Waals surface area contributed by atoms with Gasteiger partial charge in [-0.15, -0.1) is 0 Å². The van der Waals surface area contributed by atoms with E-state index in [0.717, 1.165) is 19.1 Å². The fourth-order valence-electron chi connectivity index (χ4n) is 1.21. The molecule has 0 radical (unpaired) electrons. The summed E-state index contributed by atoms with van der Waals surface area (Å²) in [6.45, 7) is 0.624. The van der Waals surface area contributed by atoms with Gasteiger partial charge in [0.25, 0.3) is 0 Å². The Morgan fingerprint density at radius 3 is 2.80 bits per heavy atom. The van der Waals surface area contributed by atoms with Crippen LogP contribution in [0.3, 0.4) is 0 Å². The number of carbonyl (C=O) groups is 2. The van der Waals surface area contributed by atoms with Gasteiger partial charge in [0.05, 0.1) is 6.04 Å². The van der Waals surface area contributed by atoms with Gasteiger partial charge >= 0.3 is 6.03 Å². The summed E-state index contributed by atoms with van der Waals surface area (Å²) in [7, 11) is 0. The van der Waals surface area contributed by atoms with Gasteiger partial charge in [-0.25, -0.2) is 4.79 Å².